The second kappa shape index (κ2) is 8.90. The maximum absolute atomic E-state index is 14.1. The van der Waals surface area contributed by atoms with Gasteiger partial charge in [-0.2, -0.15) is 0 Å². The van der Waals surface area contributed by atoms with Crippen molar-refractivity contribution in [3.8, 4) is 0 Å². The molecule has 3 aromatic rings. The predicted molar refractivity (Wildman–Crippen MR) is 139 cm³/mol. The van der Waals surface area contributed by atoms with E-state index in [-0.39, 0.29) is 29.6 Å². The molecule has 3 aromatic carbocycles. The Bertz CT molecular complexity index is 1270. The normalized spacial score (nSPS) is 24.2. The van der Waals surface area contributed by atoms with Crippen molar-refractivity contribution >= 4 is 35.0 Å². The molecule has 4 aliphatic rings. The molecule has 3 amide bonds. The maximum atomic E-state index is 14.1. The van der Waals surface area contributed by atoms with Gasteiger partial charge >= 0.3 is 0 Å². The van der Waals surface area contributed by atoms with Crippen LogP contribution in [0, 0.1) is 11.8 Å². The molecule has 0 aromatic heterocycles. The van der Waals surface area contributed by atoms with Gasteiger partial charge in [-0.25, -0.2) is 0 Å². The SMILES string of the molecule is CCCC[C@H](C(=O)Nc1cccc(Cl)c1)N1C(=O)[C@@H]2C3c4ccccc4C(c4ccccc43)[C@H]2C1=O. The lowest BCUT2D eigenvalue weighted by molar-refractivity contribution is -0.147. The van der Waals surface area contributed by atoms with Crippen molar-refractivity contribution in [2.75, 3.05) is 5.32 Å². The van der Waals surface area contributed by atoms with Gasteiger partial charge in [0.15, 0.2) is 0 Å². The minimum atomic E-state index is -0.861. The number of nitrogens with one attached hydrogen (secondary N) is 1. The van der Waals surface area contributed by atoms with E-state index < -0.39 is 17.9 Å². The first kappa shape index (κ1) is 23.0. The summed E-state index contributed by atoms with van der Waals surface area (Å²) in [5.41, 5.74) is 5.04. The van der Waals surface area contributed by atoms with Crippen LogP contribution >= 0.6 is 11.6 Å². The monoisotopic (exact) mass is 498 g/mol. The number of carbonyl (C=O) groups excluding carboxylic acids is 3. The Hall–Kier alpha value is -3.44. The Balaban J connectivity index is 1.40. The van der Waals surface area contributed by atoms with E-state index in [4.69, 9.17) is 11.6 Å². The Morgan fingerprint density at radius 3 is 1.86 bits per heavy atom. The van der Waals surface area contributed by atoms with Gasteiger partial charge in [0.05, 0.1) is 11.8 Å². The molecule has 1 saturated heterocycles. The Kier molecular flexibility index (Phi) is 5.68. The molecule has 0 unspecified atom stereocenters. The van der Waals surface area contributed by atoms with Gasteiger partial charge in [0.1, 0.15) is 6.04 Å². The molecule has 0 radical (unpaired) electrons. The highest BCUT2D eigenvalue weighted by Gasteiger charge is 2.62. The van der Waals surface area contributed by atoms with Crippen LogP contribution in [-0.2, 0) is 14.4 Å². The van der Waals surface area contributed by atoms with Crippen LogP contribution in [0.15, 0.2) is 72.8 Å². The van der Waals surface area contributed by atoms with Crippen molar-refractivity contribution in [1.82, 2.24) is 4.90 Å². The average Bonchev–Trinajstić information content (AvgIpc) is 3.15. The third-order valence-electron chi connectivity index (χ3n) is 8.02. The Morgan fingerprint density at radius 1 is 0.861 bits per heavy atom. The van der Waals surface area contributed by atoms with Crippen LogP contribution in [0.3, 0.4) is 0 Å². The zero-order valence-electron chi connectivity index (χ0n) is 20.0. The number of likely N-dealkylation sites (tertiary alicyclic amines) is 1. The van der Waals surface area contributed by atoms with Crippen molar-refractivity contribution in [3.05, 3.63) is 100 Å². The summed E-state index contributed by atoms with van der Waals surface area (Å²) in [6, 6.07) is 22.4. The summed E-state index contributed by atoms with van der Waals surface area (Å²) in [4.78, 5) is 43.0. The summed E-state index contributed by atoms with van der Waals surface area (Å²) in [6.45, 7) is 2.03. The van der Waals surface area contributed by atoms with E-state index in [0.29, 0.717) is 17.1 Å². The zero-order chi connectivity index (χ0) is 25.0. The van der Waals surface area contributed by atoms with Gasteiger partial charge in [0, 0.05) is 22.5 Å². The number of hydrogen-bond acceptors (Lipinski definition) is 3. The Morgan fingerprint density at radius 2 is 1.39 bits per heavy atom. The van der Waals surface area contributed by atoms with Crippen LogP contribution in [0.25, 0.3) is 0 Å². The Labute approximate surface area is 215 Å². The van der Waals surface area contributed by atoms with Gasteiger partial charge in [-0.15, -0.1) is 0 Å². The van der Waals surface area contributed by atoms with Crippen molar-refractivity contribution in [3.63, 3.8) is 0 Å². The molecule has 0 spiro atoms. The highest BCUT2D eigenvalue weighted by Crippen LogP contribution is 2.61. The number of hydrogen-bond donors (Lipinski definition) is 1. The smallest absolute Gasteiger partial charge is 0.247 e. The fourth-order valence-electron chi connectivity index (χ4n) is 6.57. The van der Waals surface area contributed by atoms with Gasteiger partial charge in [-0.1, -0.05) is 86.0 Å². The van der Waals surface area contributed by atoms with Crippen molar-refractivity contribution < 1.29 is 14.4 Å². The van der Waals surface area contributed by atoms with E-state index in [1.807, 2.05) is 31.2 Å². The maximum Gasteiger partial charge on any atom is 0.247 e. The largest absolute Gasteiger partial charge is 0.324 e. The number of imide groups is 1. The van der Waals surface area contributed by atoms with Crippen LogP contribution < -0.4 is 5.32 Å². The number of benzene rings is 3. The van der Waals surface area contributed by atoms with Crippen molar-refractivity contribution in [2.45, 2.75) is 44.1 Å². The lowest BCUT2D eigenvalue weighted by Gasteiger charge is -2.45. The van der Waals surface area contributed by atoms with Crippen LogP contribution in [0.2, 0.25) is 5.02 Å². The first-order valence-corrected chi connectivity index (χ1v) is 13.0. The molecule has 1 aliphatic heterocycles. The fraction of sp³-hybridized carbons (Fsp3) is 0.300. The standard InChI is InChI=1S/C30H27ClN2O3/c1-2-3-15-23(28(34)32-18-10-8-9-17(31)16-18)33-29(35)26-24-19-11-4-5-12-20(19)25(27(26)30(33)36)22-14-7-6-13-21(22)24/h4-14,16,23-27H,2-3,15H2,1H3,(H,32,34)/t23-,24?,25?,26-,27-/m1/s1. The molecule has 36 heavy (non-hydrogen) atoms. The third kappa shape index (κ3) is 3.40. The molecule has 2 bridgehead atoms. The highest BCUT2D eigenvalue weighted by atomic mass is 35.5. The lowest BCUT2D eigenvalue weighted by atomic mass is 9.55. The third-order valence-corrected chi connectivity index (χ3v) is 8.26. The van der Waals surface area contributed by atoms with Crippen LogP contribution in [0.5, 0.6) is 0 Å². The van der Waals surface area contributed by atoms with Crippen LogP contribution in [-0.4, -0.2) is 28.7 Å². The molecular weight excluding hydrogens is 472 g/mol. The molecule has 7 rings (SSSR count). The topological polar surface area (TPSA) is 66.5 Å². The summed E-state index contributed by atoms with van der Waals surface area (Å²) < 4.78 is 0. The average molecular weight is 499 g/mol. The van der Waals surface area contributed by atoms with Gasteiger partial charge < -0.3 is 5.32 Å². The van der Waals surface area contributed by atoms with E-state index in [2.05, 4.69) is 29.6 Å². The van der Waals surface area contributed by atoms with Crippen molar-refractivity contribution in [2.24, 2.45) is 11.8 Å². The van der Waals surface area contributed by atoms with Gasteiger partial charge in [-0.3, -0.25) is 19.3 Å². The quantitative estimate of drug-likeness (QED) is 0.441. The van der Waals surface area contributed by atoms with Gasteiger partial charge in [0.2, 0.25) is 17.7 Å². The summed E-state index contributed by atoms with van der Waals surface area (Å²) >= 11 is 6.11. The van der Waals surface area contributed by atoms with Crippen molar-refractivity contribution in [1.29, 1.82) is 0 Å². The highest BCUT2D eigenvalue weighted by molar-refractivity contribution is 6.31. The summed E-state index contributed by atoms with van der Waals surface area (Å²) in [7, 11) is 0. The summed E-state index contributed by atoms with van der Waals surface area (Å²) in [5, 5.41) is 3.40. The molecular formula is C30H27ClN2O3. The number of amides is 3. The van der Waals surface area contributed by atoms with Gasteiger partial charge in [0.25, 0.3) is 0 Å². The first-order chi connectivity index (χ1) is 17.5. The van der Waals surface area contributed by atoms with Crippen LogP contribution in [0.4, 0.5) is 5.69 Å². The minimum Gasteiger partial charge on any atom is -0.324 e. The molecule has 1 N–H and O–H groups in total. The molecule has 6 heteroatoms. The fourth-order valence-corrected chi connectivity index (χ4v) is 6.76. The molecule has 5 nitrogen and oxygen atoms in total. The molecule has 0 saturated carbocycles. The number of unbranched alkanes of at least 4 members (excludes halogenated alkanes) is 1. The van der Waals surface area contributed by atoms with E-state index in [1.165, 1.54) is 4.90 Å². The number of halogens is 1. The molecule has 3 atom stereocenters. The van der Waals surface area contributed by atoms with Crippen LogP contribution in [0.1, 0.15) is 60.3 Å². The molecule has 1 fully saturated rings. The first-order valence-electron chi connectivity index (χ1n) is 12.6. The summed E-state index contributed by atoms with van der Waals surface area (Å²) in [6.07, 6.45) is 2.01. The second-order valence-corrected chi connectivity index (χ2v) is 10.4. The van der Waals surface area contributed by atoms with E-state index in [9.17, 15) is 14.4 Å². The molecule has 3 aliphatic carbocycles. The van der Waals surface area contributed by atoms with E-state index in [0.717, 1.165) is 35.1 Å². The summed E-state index contributed by atoms with van der Waals surface area (Å²) in [5.74, 6) is -2.16. The minimum absolute atomic E-state index is 0.184. The zero-order valence-corrected chi connectivity index (χ0v) is 20.7. The number of carbonyl (C=O) groups is 3. The van der Waals surface area contributed by atoms with E-state index in [1.54, 1.807) is 24.3 Å². The molecule has 182 valence electrons. The number of anilines is 1. The molecule has 1 heterocycles. The lowest BCUT2D eigenvalue weighted by Crippen LogP contribution is -2.48. The number of nitrogens with zero attached hydrogens (tertiary/aromatic N) is 1. The predicted octanol–water partition coefficient (Wildman–Crippen LogP) is 5.73. The van der Waals surface area contributed by atoms with E-state index >= 15 is 0 Å². The second-order valence-electron chi connectivity index (χ2n) is 9.97. The number of rotatable bonds is 6. The van der Waals surface area contributed by atoms with Gasteiger partial charge in [-0.05, 0) is 46.9 Å².